The van der Waals surface area contributed by atoms with Gasteiger partial charge in [-0.3, -0.25) is 14.2 Å². The summed E-state index contributed by atoms with van der Waals surface area (Å²) < 4.78 is 27.7. The van der Waals surface area contributed by atoms with Crippen LogP contribution in [-0.4, -0.2) is 63.3 Å². The van der Waals surface area contributed by atoms with Gasteiger partial charge in [-0.15, -0.1) is 0 Å². The van der Waals surface area contributed by atoms with Gasteiger partial charge in [0.15, 0.2) is 5.65 Å². The highest BCUT2D eigenvalue weighted by molar-refractivity contribution is 5.94. The molecule has 2 aromatic heterocycles. The third-order valence-corrected chi connectivity index (χ3v) is 6.07. The number of alkyl halides is 2. The van der Waals surface area contributed by atoms with Gasteiger partial charge < -0.3 is 9.80 Å². The number of piperazine rings is 1. The van der Waals surface area contributed by atoms with Gasteiger partial charge in [-0.1, -0.05) is 36.4 Å². The fourth-order valence-corrected chi connectivity index (χ4v) is 4.03. The maximum Gasteiger partial charge on any atom is 0.263 e. The van der Waals surface area contributed by atoms with Crippen LogP contribution in [0, 0.1) is 0 Å². The summed E-state index contributed by atoms with van der Waals surface area (Å²) in [5.41, 5.74) is 4.49. The van der Waals surface area contributed by atoms with Crippen molar-refractivity contribution in [2.45, 2.75) is 6.43 Å². The second-order valence-corrected chi connectivity index (χ2v) is 8.24. The lowest BCUT2D eigenvalue weighted by molar-refractivity contribution is 0.0664. The van der Waals surface area contributed by atoms with Crippen molar-refractivity contribution in [1.29, 1.82) is 0 Å². The number of halogens is 2. The van der Waals surface area contributed by atoms with E-state index in [1.165, 1.54) is 12.1 Å². The average Bonchev–Trinajstić information content (AvgIpc) is 3.27. The smallest absolute Gasteiger partial charge is 0.263 e. The summed E-state index contributed by atoms with van der Waals surface area (Å²) >= 11 is 0. The van der Waals surface area contributed by atoms with Crippen LogP contribution < -0.4 is 0 Å². The number of carbonyl (C=O) groups excluding carboxylic acids is 1. The summed E-state index contributed by atoms with van der Waals surface area (Å²) in [4.78, 5) is 25.8. The summed E-state index contributed by atoms with van der Waals surface area (Å²) in [6.45, 7) is 3.23. The van der Waals surface area contributed by atoms with Crippen LogP contribution in [-0.2, 0) is 0 Å². The molecule has 5 rings (SSSR count). The van der Waals surface area contributed by atoms with E-state index in [1.54, 1.807) is 24.5 Å². The van der Waals surface area contributed by atoms with Gasteiger partial charge in [0.2, 0.25) is 0 Å². The lowest BCUT2D eigenvalue weighted by atomic mass is 10.1. The average molecular weight is 447 g/mol. The van der Waals surface area contributed by atoms with E-state index in [4.69, 9.17) is 0 Å². The molecule has 2 aromatic carbocycles. The molecule has 1 aliphatic rings. The quantitative estimate of drug-likeness (QED) is 0.466. The first-order valence-corrected chi connectivity index (χ1v) is 10.8. The van der Waals surface area contributed by atoms with Crippen LogP contribution in [0.2, 0.25) is 0 Å². The van der Waals surface area contributed by atoms with E-state index in [-0.39, 0.29) is 11.5 Å². The minimum absolute atomic E-state index is 0.0128. The van der Waals surface area contributed by atoms with Crippen LogP contribution in [0.15, 0.2) is 67.1 Å². The fraction of sp³-hybridized carbons (Fsp3) is 0.240. The number of hydrogen-bond donors (Lipinski definition) is 0. The van der Waals surface area contributed by atoms with Crippen LogP contribution in [0.3, 0.4) is 0 Å². The molecule has 6 nitrogen and oxygen atoms in total. The number of nitrogens with zero attached hydrogens (tertiary/aromatic N) is 5. The maximum absolute atomic E-state index is 12.9. The maximum atomic E-state index is 12.9. The molecule has 1 amide bonds. The van der Waals surface area contributed by atoms with Gasteiger partial charge in [0.05, 0.1) is 23.8 Å². The van der Waals surface area contributed by atoms with Crippen molar-refractivity contribution in [3.63, 3.8) is 0 Å². The van der Waals surface area contributed by atoms with E-state index in [2.05, 4.69) is 21.9 Å². The molecule has 168 valence electrons. The van der Waals surface area contributed by atoms with Crippen LogP contribution in [0.25, 0.3) is 28.2 Å². The van der Waals surface area contributed by atoms with Crippen molar-refractivity contribution in [2.75, 3.05) is 33.2 Å². The first kappa shape index (κ1) is 21.2. The molecular weight excluding hydrogens is 424 g/mol. The highest BCUT2D eigenvalue weighted by Gasteiger charge is 2.20. The van der Waals surface area contributed by atoms with Crippen molar-refractivity contribution < 1.29 is 13.6 Å². The van der Waals surface area contributed by atoms with E-state index in [0.717, 1.165) is 48.7 Å². The lowest BCUT2D eigenvalue weighted by Gasteiger charge is -2.32. The molecule has 0 aliphatic carbocycles. The Bertz CT molecular complexity index is 1280. The highest BCUT2D eigenvalue weighted by atomic mass is 19.3. The number of aromatic nitrogens is 3. The number of imidazole rings is 1. The largest absolute Gasteiger partial charge is 0.336 e. The summed E-state index contributed by atoms with van der Waals surface area (Å²) in [5, 5.41) is 0. The molecular formula is C25H23F2N5O. The zero-order chi connectivity index (χ0) is 22.9. The molecule has 1 fully saturated rings. The molecule has 1 aliphatic heterocycles. The number of hydrogen-bond acceptors (Lipinski definition) is 4. The van der Waals surface area contributed by atoms with E-state index >= 15 is 0 Å². The molecule has 0 atom stereocenters. The second-order valence-electron chi connectivity index (χ2n) is 8.24. The molecule has 0 spiro atoms. The van der Waals surface area contributed by atoms with Crippen molar-refractivity contribution in [1.82, 2.24) is 24.2 Å². The van der Waals surface area contributed by atoms with E-state index in [0.29, 0.717) is 11.2 Å². The van der Waals surface area contributed by atoms with Gasteiger partial charge in [0, 0.05) is 54.6 Å². The molecule has 0 saturated carbocycles. The molecule has 4 aromatic rings. The number of fused-ring (bicyclic) bond motifs is 1. The molecule has 1 saturated heterocycles. The van der Waals surface area contributed by atoms with Gasteiger partial charge in [-0.25, -0.2) is 13.8 Å². The van der Waals surface area contributed by atoms with E-state index in [1.807, 2.05) is 39.8 Å². The third-order valence-electron chi connectivity index (χ3n) is 6.07. The number of amides is 1. The standard InChI is InChI=1S/C25H23F2N5O/c1-30-10-12-31(13-11-30)25(33)20-8-2-17(3-9-20)21-16-32-22(14-29-23(32)15-28-21)18-4-6-19(7-5-18)24(26)27/h2-9,14-16,24H,10-13H2,1H3. The summed E-state index contributed by atoms with van der Waals surface area (Å²) in [5.74, 6) is 0.0437. The molecule has 0 unspecified atom stereocenters. The molecule has 8 heteroatoms. The Kier molecular flexibility index (Phi) is 5.60. The Morgan fingerprint density at radius 2 is 1.55 bits per heavy atom. The SMILES string of the molecule is CN1CCN(C(=O)c2ccc(-c3cn4c(-c5ccc(C(F)F)cc5)cnc4cn3)cc2)CC1. The Morgan fingerprint density at radius 1 is 0.879 bits per heavy atom. The van der Waals surface area contributed by atoms with E-state index in [9.17, 15) is 13.6 Å². The Labute approximate surface area is 190 Å². The first-order valence-electron chi connectivity index (χ1n) is 10.8. The number of carbonyl (C=O) groups is 1. The van der Waals surface area contributed by atoms with Gasteiger partial charge in [-0.2, -0.15) is 0 Å². The summed E-state index contributed by atoms with van der Waals surface area (Å²) in [7, 11) is 2.06. The van der Waals surface area contributed by atoms with Crippen LogP contribution in [0.1, 0.15) is 22.3 Å². The lowest BCUT2D eigenvalue weighted by Crippen LogP contribution is -2.47. The number of rotatable bonds is 4. The van der Waals surface area contributed by atoms with Gasteiger partial charge in [-0.05, 0) is 19.2 Å². The molecule has 0 radical (unpaired) electrons. The van der Waals surface area contributed by atoms with Crippen LogP contribution in [0.4, 0.5) is 8.78 Å². The Hall–Kier alpha value is -3.65. The minimum atomic E-state index is -2.50. The van der Waals surface area contributed by atoms with E-state index < -0.39 is 6.43 Å². The second kappa shape index (κ2) is 8.71. The zero-order valence-corrected chi connectivity index (χ0v) is 18.2. The third kappa shape index (κ3) is 4.21. The molecule has 0 N–H and O–H groups in total. The van der Waals surface area contributed by atoms with Crippen molar-refractivity contribution >= 4 is 11.6 Å². The first-order chi connectivity index (χ1) is 16.0. The minimum Gasteiger partial charge on any atom is -0.336 e. The normalized spacial score (nSPS) is 14.8. The predicted molar refractivity (Wildman–Crippen MR) is 122 cm³/mol. The molecule has 33 heavy (non-hydrogen) atoms. The van der Waals surface area contributed by atoms with Crippen molar-refractivity contribution in [2.24, 2.45) is 0 Å². The van der Waals surface area contributed by atoms with Gasteiger partial charge in [0.25, 0.3) is 12.3 Å². The summed E-state index contributed by atoms with van der Waals surface area (Å²) in [6.07, 6.45) is 2.75. The Morgan fingerprint density at radius 3 is 2.21 bits per heavy atom. The predicted octanol–water partition coefficient (Wildman–Crippen LogP) is 4.39. The number of likely N-dealkylation sites (N-methyl/N-ethyl adjacent to an activating group) is 1. The zero-order valence-electron chi connectivity index (χ0n) is 18.2. The highest BCUT2D eigenvalue weighted by Crippen LogP contribution is 2.26. The van der Waals surface area contributed by atoms with Crippen molar-refractivity contribution in [3.8, 4) is 22.5 Å². The summed E-state index contributed by atoms with van der Waals surface area (Å²) in [6, 6.07) is 13.7. The van der Waals surface area contributed by atoms with Crippen LogP contribution in [0.5, 0.6) is 0 Å². The monoisotopic (exact) mass is 447 g/mol. The van der Waals surface area contributed by atoms with Crippen LogP contribution >= 0.6 is 0 Å². The van der Waals surface area contributed by atoms with Crippen molar-refractivity contribution in [3.05, 3.63) is 78.2 Å². The van der Waals surface area contributed by atoms with Gasteiger partial charge >= 0.3 is 0 Å². The van der Waals surface area contributed by atoms with Gasteiger partial charge in [0.1, 0.15) is 0 Å². The number of benzene rings is 2. The fourth-order valence-electron chi connectivity index (χ4n) is 4.03. The Balaban J connectivity index is 1.41. The topological polar surface area (TPSA) is 53.7 Å². The molecule has 3 heterocycles. The molecule has 0 bridgehead atoms.